The molecule has 1 aliphatic carbocycles. The lowest BCUT2D eigenvalue weighted by molar-refractivity contribution is -0.204. The number of carbonyl (C=O) groups is 2. The first kappa shape index (κ1) is 11.2. The number of carboxylic acids is 1. The van der Waals surface area contributed by atoms with E-state index in [1.165, 1.54) is 0 Å². The number of aliphatic carboxylic acids is 1. The number of carboxylic acid groups (broad SMARTS) is 1. The third-order valence-corrected chi connectivity index (χ3v) is 3.29. The molecule has 16 heavy (non-hydrogen) atoms. The number of hydrogen-bond donors (Lipinski definition) is 1. The van der Waals surface area contributed by atoms with Crippen LogP contribution < -0.4 is 0 Å². The molecule has 1 saturated carbocycles. The molecule has 1 aliphatic heterocycles. The highest BCUT2D eigenvalue weighted by Gasteiger charge is 2.58. The van der Waals surface area contributed by atoms with Crippen molar-refractivity contribution in [2.75, 3.05) is 13.1 Å². The zero-order valence-corrected chi connectivity index (χ0v) is 8.25. The summed E-state index contributed by atoms with van der Waals surface area (Å²) in [6.07, 6.45) is -4.06. The van der Waals surface area contributed by atoms with Gasteiger partial charge in [-0.1, -0.05) is 0 Å². The van der Waals surface area contributed by atoms with Crippen LogP contribution in [-0.4, -0.2) is 41.1 Å². The second-order valence-corrected chi connectivity index (χ2v) is 4.60. The van der Waals surface area contributed by atoms with Crippen molar-refractivity contribution >= 4 is 11.9 Å². The Bertz CT molecular complexity index is 338. The maximum Gasteiger partial charge on any atom is 0.471 e. The molecule has 90 valence electrons. The van der Waals surface area contributed by atoms with E-state index >= 15 is 0 Å². The molecule has 1 saturated heterocycles. The topological polar surface area (TPSA) is 57.6 Å². The second kappa shape index (κ2) is 3.11. The highest BCUT2D eigenvalue weighted by atomic mass is 19.4. The van der Waals surface area contributed by atoms with E-state index < -0.39 is 24.0 Å². The lowest BCUT2D eigenvalue weighted by Gasteiger charge is -2.57. The van der Waals surface area contributed by atoms with Crippen LogP contribution in [0.15, 0.2) is 0 Å². The molecule has 2 fully saturated rings. The Morgan fingerprint density at radius 3 is 2.12 bits per heavy atom. The van der Waals surface area contributed by atoms with E-state index in [-0.39, 0.29) is 18.5 Å². The van der Waals surface area contributed by atoms with Crippen molar-refractivity contribution in [3.05, 3.63) is 0 Å². The van der Waals surface area contributed by atoms with Crippen LogP contribution >= 0.6 is 0 Å². The maximum absolute atomic E-state index is 12.0. The summed E-state index contributed by atoms with van der Waals surface area (Å²) in [6, 6.07) is 0. The van der Waals surface area contributed by atoms with Gasteiger partial charge in [-0.25, -0.2) is 0 Å². The standard InChI is InChI=1S/C9H10F3NO3/c10-9(11,12)7(16)13-3-8(4-13)1-5(2-8)6(14)15/h5H,1-4H2,(H,14,15). The largest absolute Gasteiger partial charge is 0.481 e. The summed E-state index contributed by atoms with van der Waals surface area (Å²) >= 11 is 0. The van der Waals surface area contributed by atoms with Crippen molar-refractivity contribution in [2.24, 2.45) is 11.3 Å². The Kier molecular flexibility index (Phi) is 2.18. The average Bonchev–Trinajstić information content (AvgIpc) is 1.95. The fraction of sp³-hybridized carbons (Fsp3) is 0.778. The van der Waals surface area contributed by atoms with Gasteiger partial charge in [0.15, 0.2) is 0 Å². The molecule has 0 unspecified atom stereocenters. The summed E-state index contributed by atoms with van der Waals surface area (Å²) in [5.41, 5.74) is -0.357. The van der Waals surface area contributed by atoms with Gasteiger partial charge in [-0.15, -0.1) is 0 Å². The summed E-state index contributed by atoms with van der Waals surface area (Å²) < 4.78 is 36.0. The van der Waals surface area contributed by atoms with Crippen LogP contribution in [0.5, 0.6) is 0 Å². The Labute approximate surface area is 89.0 Å². The van der Waals surface area contributed by atoms with Gasteiger partial charge in [-0.05, 0) is 12.8 Å². The molecule has 0 radical (unpaired) electrons. The minimum absolute atomic E-state index is 0.0368. The SMILES string of the molecule is O=C(O)C1CC2(C1)CN(C(=O)C(F)(F)F)C2. The molecule has 7 heteroatoms. The highest BCUT2D eigenvalue weighted by molar-refractivity contribution is 5.83. The van der Waals surface area contributed by atoms with Gasteiger partial charge in [-0.2, -0.15) is 13.2 Å². The molecule has 0 atom stereocenters. The fourth-order valence-corrected chi connectivity index (χ4v) is 2.50. The Balaban J connectivity index is 1.84. The summed E-state index contributed by atoms with van der Waals surface area (Å²) in [7, 11) is 0. The molecule has 1 heterocycles. The number of hydrogen-bond acceptors (Lipinski definition) is 2. The number of likely N-dealkylation sites (tertiary alicyclic amines) is 1. The van der Waals surface area contributed by atoms with Crippen molar-refractivity contribution < 1.29 is 27.9 Å². The van der Waals surface area contributed by atoms with Crippen LogP contribution in [0.1, 0.15) is 12.8 Å². The van der Waals surface area contributed by atoms with Crippen molar-refractivity contribution in [1.82, 2.24) is 4.90 Å². The van der Waals surface area contributed by atoms with Crippen LogP contribution in [0.2, 0.25) is 0 Å². The Morgan fingerprint density at radius 1 is 1.25 bits per heavy atom. The molecule has 1 spiro atoms. The normalized spacial score (nSPS) is 23.8. The zero-order valence-electron chi connectivity index (χ0n) is 8.25. The molecule has 4 nitrogen and oxygen atoms in total. The lowest BCUT2D eigenvalue weighted by Crippen LogP contribution is -2.66. The van der Waals surface area contributed by atoms with Crippen molar-refractivity contribution in [2.45, 2.75) is 19.0 Å². The molecule has 2 rings (SSSR count). The minimum Gasteiger partial charge on any atom is -0.481 e. The van der Waals surface area contributed by atoms with Gasteiger partial charge in [0.1, 0.15) is 0 Å². The predicted molar refractivity (Wildman–Crippen MR) is 45.4 cm³/mol. The van der Waals surface area contributed by atoms with E-state index in [0.29, 0.717) is 12.8 Å². The van der Waals surface area contributed by atoms with Gasteiger partial charge in [0.25, 0.3) is 0 Å². The van der Waals surface area contributed by atoms with Crippen LogP contribution in [0.25, 0.3) is 0 Å². The van der Waals surface area contributed by atoms with Gasteiger partial charge in [0.05, 0.1) is 5.92 Å². The van der Waals surface area contributed by atoms with E-state index in [9.17, 15) is 22.8 Å². The van der Waals surface area contributed by atoms with Crippen molar-refractivity contribution in [3.8, 4) is 0 Å². The zero-order chi connectivity index (χ0) is 12.1. The summed E-state index contributed by atoms with van der Waals surface area (Å²) in [5.74, 6) is -3.19. The molecule has 1 N–H and O–H groups in total. The van der Waals surface area contributed by atoms with Crippen molar-refractivity contribution in [1.29, 1.82) is 0 Å². The van der Waals surface area contributed by atoms with E-state index in [2.05, 4.69) is 0 Å². The van der Waals surface area contributed by atoms with Crippen LogP contribution in [0, 0.1) is 11.3 Å². The third kappa shape index (κ3) is 1.64. The summed E-state index contributed by atoms with van der Waals surface area (Å²) in [4.78, 5) is 22.0. The van der Waals surface area contributed by atoms with Gasteiger partial charge < -0.3 is 10.0 Å². The molecule has 1 amide bonds. The van der Waals surface area contributed by atoms with E-state index in [4.69, 9.17) is 5.11 Å². The smallest absolute Gasteiger partial charge is 0.471 e. The minimum atomic E-state index is -4.82. The summed E-state index contributed by atoms with van der Waals surface area (Å²) in [5, 5.41) is 8.63. The molecular formula is C9H10F3NO3. The van der Waals surface area contributed by atoms with Crippen LogP contribution in [-0.2, 0) is 9.59 Å². The predicted octanol–water partition coefficient (Wildman–Crippen LogP) is 0.872. The van der Waals surface area contributed by atoms with E-state index in [0.717, 1.165) is 4.90 Å². The highest BCUT2D eigenvalue weighted by Crippen LogP contribution is 2.52. The van der Waals surface area contributed by atoms with Crippen LogP contribution in [0.3, 0.4) is 0 Å². The van der Waals surface area contributed by atoms with E-state index in [1.807, 2.05) is 0 Å². The molecule has 0 bridgehead atoms. The number of carbonyl (C=O) groups excluding carboxylic acids is 1. The monoisotopic (exact) mass is 237 g/mol. The second-order valence-electron chi connectivity index (χ2n) is 4.60. The quantitative estimate of drug-likeness (QED) is 0.736. The molecule has 2 aliphatic rings. The molecule has 0 aromatic heterocycles. The van der Waals surface area contributed by atoms with Crippen molar-refractivity contribution in [3.63, 3.8) is 0 Å². The van der Waals surface area contributed by atoms with Gasteiger partial charge >= 0.3 is 18.1 Å². The number of nitrogens with zero attached hydrogens (tertiary/aromatic N) is 1. The number of amides is 1. The first-order valence-corrected chi connectivity index (χ1v) is 4.82. The molecular weight excluding hydrogens is 227 g/mol. The fourth-order valence-electron chi connectivity index (χ4n) is 2.50. The van der Waals surface area contributed by atoms with Gasteiger partial charge in [0, 0.05) is 18.5 Å². The number of halogens is 3. The lowest BCUT2D eigenvalue weighted by atomic mass is 9.57. The molecule has 0 aromatic rings. The van der Waals surface area contributed by atoms with E-state index in [1.54, 1.807) is 0 Å². The van der Waals surface area contributed by atoms with Crippen LogP contribution in [0.4, 0.5) is 13.2 Å². The molecule has 0 aromatic carbocycles. The van der Waals surface area contributed by atoms with Gasteiger partial charge in [-0.3, -0.25) is 9.59 Å². The third-order valence-electron chi connectivity index (χ3n) is 3.29. The Hall–Kier alpha value is -1.27. The summed E-state index contributed by atoms with van der Waals surface area (Å²) in [6.45, 7) is 0.0737. The Morgan fingerprint density at radius 2 is 1.75 bits per heavy atom. The first-order valence-electron chi connectivity index (χ1n) is 4.82. The van der Waals surface area contributed by atoms with Gasteiger partial charge in [0.2, 0.25) is 0 Å². The first-order chi connectivity index (χ1) is 7.23. The average molecular weight is 237 g/mol. The maximum atomic E-state index is 12.0. The number of rotatable bonds is 1. The number of alkyl halides is 3.